The number of aromatic carboxylic acids is 1. The number of hydrogen-bond donors (Lipinski definition) is 1. The number of para-hydroxylation sites is 1. The molecule has 1 aromatic heterocycles. The lowest BCUT2D eigenvalue weighted by Gasteiger charge is -2.04. The van der Waals surface area contributed by atoms with Crippen molar-refractivity contribution in [1.82, 2.24) is 15.0 Å². The molecule has 0 radical (unpaired) electrons. The van der Waals surface area contributed by atoms with Gasteiger partial charge in [-0.15, -0.1) is 5.10 Å². The van der Waals surface area contributed by atoms with Crippen molar-refractivity contribution in [3.05, 3.63) is 23.8 Å². The lowest BCUT2D eigenvalue weighted by molar-refractivity contribution is 0.0698. The smallest absolute Gasteiger partial charge is 0.337 e. The van der Waals surface area contributed by atoms with E-state index < -0.39 is 5.97 Å². The van der Waals surface area contributed by atoms with Crippen LogP contribution >= 0.6 is 0 Å². The van der Waals surface area contributed by atoms with Gasteiger partial charge in [0.05, 0.1) is 5.56 Å². The van der Waals surface area contributed by atoms with E-state index in [4.69, 9.17) is 4.74 Å². The highest BCUT2D eigenvalue weighted by atomic mass is 16.5. The molecular formula is C13H17N3O3. The van der Waals surface area contributed by atoms with Crippen molar-refractivity contribution in [2.24, 2.45) is 0 Å². The van der Waals surface area contributed by atoms with E-state index in [2.05, 4.69) is 10.3 Å². The molecule has 0 fully saturated rings. The van der Waals surface area contributed by atoms with Gasteiger partial charge in [0.25, 0.3) is 0 Å². The Kier molecular flexibility index (Phi) is 4.46. The number of carboxylic acids is 1. The maximum atomic E-state index is 11.2. The minimum atomic E-state index is -0.950. The van der Waals surface area contributed by atoms with Crippen molar-refractivity contribution >= 4 is 17.0 Å². The summed E-state index contributed by atoms with van der Waals surface area (Å²) in [6.07, 6.45) is 2.94. The zero-order chi connectivity index (χ0) is 13.7. The van der Waals surface area contributed by atoms with Gasteiger partial charge in [0, 0.05) is 20.3 Å². The Bertz CT molecular complexity index is 565. The normalized spacial score (nSPS) is 11.0. The summed E-state index contributed by atoms with van der Waals surface area (Å²) in [4.78, 5) is 11.2. The van der Waals surface area contributed by atoms with Crippen LogP contribution in [0, 0.1) is 0 Å². The van der Waals surface area contributed by atoms with Gasteiger partial charge in [0.1, 0.15) is 11.0 Å². The first kappa shape index (κ1) is 13.5. The number of carboxylic acid groups (broad SMARTS) is 1. The van der Waals surface area contributed by atoms with Gasteiger partial charge in [0.15, 0.2) is 0 Å². The van der Waals surface area contributed by atoms with Crippen LogP contribution in [-0.4, -0.2) is 39.8 Å². The highest BCUT2D eigenvalue weighted by molar-refractivity contribution is 6.00. The summed E-state index contributed by atoms with van der Waals surface area (Å²) in [6.45, 7) is 1.42. The molecule has 0 spiro atoms. The second-order valence-electron chi connectivity index (χ2n) is 4.34. The molecule has 0 aliphatic rings. The number of hydrogen-bond acceptors (Lipinski definition) is 4. The van der Waals surface area contributed by atoms with Gasteiger partial charge in [-0.25, -0.2) is 9.48 Å². The third kappa shape index (κ3) is 3.08. The molecule has 0 atom stereocenters. The standard InChI is InChI=1S/C13H17N3O3/c1-19-9-4-2-3-8-16-12-10(13(17)18)6-5-7-11(12)14-15-16/h5-7H,2-4,8-9H2,1H3,(H,17,18). The summed E-state index contributed by atoms with van der Waals surface area (Å²) >= 11 is 0. The van der Waals surface area contributed by atoms with E-state index in [1.165, 1.54) is 0 Å². The van der Waals surface area contributed by atoms with E-state index in [1.54, 1.807) is 30.0 Å². The van der Waals surface area contributed by atoms with Gasteiger partial charge >= 0.3 is 5.97 Å². The number of aromatic nitrogens is 3. The molecule has 1 N–H and O–H groups in total. The number of fused-ring (bicyclic) bond motifs is 1. The van der Waals surface area contributed by atoms with Crippen LogP contribution in [0.4, 0.5) is 0 Å². The van der Waals surface area contributed by atoms with Crippen molar-refractivity contribution in [2.45, 2.75) is 25.8 Å². The lowest BCUT2D eigenvalue weighted by atomic mass is 10.2. The second kappa shape index (κ2) is 6.29. The predicted molar refractivity (Wildman–Crippen MR) is 70.2 cm³/mol. The van der Waals surface area contributed by atoms with Gasteiger partial charge in [-0.2, -0.15) is 0 Å². The molecule has 1 heterocycles. The summed E-state index contributed by atoms with van der Waals surface area (Å²) in [5, 5.41) is 17.2. The average Bonchev–Trinajstić information content (AvgIpc) is 2.81. The number of benzene rings is 1. The van der Waals surface area contributed by atoms with E-state index in [0.717, 1.165) is 25.9 Å². The summed E-state index contributed by atoms with van der Waals surface area (Å²) < 4.78 is 6.66. The topological polar surface area (TPSA) is 77.2 Å². The van der Waals surface area contributed by atoms with E-state index >= 15 is 0 Å². The summed E-state index contributed by atoms with van der Waals surface area (Å²) in [5.74, 6) is -0.950. The zero-order valence-corrected chi connectivity index (χ0v) is 10.9. The highest BCUT2D eigenvalue weighted by Crippen LogP contribution is 2.17. The van der Waals surface area contributed by atoms with Gasteiger partial charge in [-0.3, -0.25) is 0 Å². The van der Waals surface area contributed by atoms with E-state index in [1.807, 2.05) is 0 Å². The Hall–Kier alpha value is -1.95. The summed E-state index contributed by atoms with van der Waals surface area (Å²) in [6, 6.07) is 5.04. The molecule has 2 rings (SSSR count). The van der Waals surface area contributed by atoms with Gasteiger partial charge in [-0.05, 0) is 31.4 Å². The van der Waals surface area contributed by atoms with Crippen molar-refractivity contribution in [1.29, 1.82) is 0 Å². The largest absolute Gasteiger partial charge is 0.478 e. The summed E-state index contributed by atoms with van der Waals surface area (Å²) in [5.41, 5.74) is 1.47. The van der Waals surface area contributed by atoms with Crippen LogP contribution in [0.3, 0.4) is 0 Å². The van der Waals surface area contributed by atoms with Gasteiger partial charge in [0.2, 0.25) is 0 Å². The van der Waals surface area contributed by atoms with E-state index in [9.17, 15) is 9.90 Å². The molecule has 19 heavy (non-hydrogen) atoms. The Morgan fingerprint density at radius 2 is 2.21 bits per heavy atom. The number of ether oxygens (including phenoxy) is 1. The zero-order valence-electron chi connectivity index (χ0n) is 10.9. The highest BCUT2D eigenvalue weighted by Gasteiger charge is 2.13. The first-order valence-electron chi connectivity index (χ1n) is 6.28. The molecule has 6 heteroatoms. The molecule has 102 valence electrons. The Morgan fingerprint density at radius 1 is 1.37 bits per heavy atom. The number of unbranched alkanes of at least 4 members (excludes halogenated alkanes) is 2. The quantitative estimate of drug-likeness (QED) is 0.772. The Morgan fingerprint density at radius 3 is 2.95 bits per heavy atom. The molecule has 0 aliphatic carbocycles. The number of nitrogens with zero attached hydrogens (tertiary/aromatic N) is 3. The van der Waals surface area contributed by atoms with Gasteiger partial charge in [-0.1, -0.05) is 11.3 Å². The Labute approximate surface area is 111 Å². The van der Waals surface area contributed by atoms with E-state index in [-0.39, 0.29) is 5.56 Å². The van der Waals surface area contributed by atoms with Crippen LogP contribution in [0.15, 0.2) is 18.2 Å². The molecule has 6 nitrogen and oxygen atoms in total. The van der Waals surface area contributed by atoms with Crippen molar-refractivity contribution < 1.29 is 14.6 Å². The fourth-order valence-corrected chi connectivity index (χ4v) is 2.04. The Balaban J connectivity index is 2.12. The maximum Gasteiger partial charge on any atom is 0.337 e. The average molecular weight is 263 g/mol. The van der Waals surface area contributed by atoms with Crippen LogP contribution in [0.2, 0.25) is 0 Å². The van der Waals surface area contributed by atoms with Crippen LogP contribution in [0.1, 0.15) is 29.6 Å². The molecule has 0 bridgehead atoms. The fourth-order valence-electron chi connectivity index (χ4n) is 2.04. The second-order valence-corrected chi connectivity index (χ2v) is 4.34. The van der Waals surface area contributed by atoms with Crippen molar-refractivity contribution in [2.75, 3.05) is 13.7 Å². The molecular weight excluding hydrogens is 246 g/mol. The van der Waals surface area contributed by atoms with Crippen LogP contribution in [-0.2, 0) is 11.3 Å². The van der Waals surface area contributed by atoms with Crippen LogP contribution in [0.25, 0.3) is 11.0 Å². The van der Waals surface area contributed by atoms with Crippen molar-refractivity contribution in [3.8, 4) is 0 Å². The predicted octanol–water partition coefficient (Wildman–Crippen LogP) is 1.95. The molecule has 0 unspecified atom stereocenters. The molecule has 0 saturated carbocycles. The molecule has 0 saturated heterocycles. The first-order chi connectivity index (χ1) is 9.24. The monoisotopic (exact) mass is 263 g/mol. The number of aryl methyl sites for hydroxylation is 1. The van der Waals surface area contributed by atoms with Crippen molar-refractivity contribution in [3.63, 3.8) is 0 Å². The molecule has 2 aromatic rings. The van der Waals surface area contributed by atoms with Crippen LogP contribution in [0.5, 0.6) is 0 Å². The molecule has 0 amide bonds. The number of methoxy groups -OCH3 is 1. The molecule has 0 aliphatic heterocycles. The number of rotatable bonds is 7. The van der Waals surface area contributed by atoms with Gasteiger partial charge < -0.3 is 9.84 Å². The van der Waals surface area contributed by atoms with E-state index in [0.29, 0.717) is 17.6 Å². The number of carbonyl (C=O) groups is 1. The first-order valence-corrected chi connectivity index (χ1v) is 6.28. The minimum absolute atomic E-state index is 0.249. The minimum Gasteiger partial charge on any atom is -0.478 e. The summed E-state index contributed by atoms with van der Waals surface area (Å²) in [7, 11) is 1.68. The lowest BCUT2D eigenvalue weighted by Crippen LogP contribution is -2.05. The molecule has 1 aromatic carbocycles. The fraction of sp³-hybridized carbons (Fsp3) is 0.462. The SMILES string of the molecule is COCCCCCn1nnc2cccc(C(=O)O)c21. The van der Waals surface area contributed by atoms with Crippen LogP contribution < -0.4 is 0 Å². The maximum absolute atomic E-state index is 11.2. The third-order valence-electron chi connectivity index (χ3n) is 2.98. The third-order valence-corrected chi connectivity index (χ3v) is 2.98.